The van der Waals surface area contributed by atoms with Crippen molar-refractivity contribution >= 4 is 11.9 Å². The van der Waals surface area contributed by atoms with Crippen LogP contribution in [0, 0.1) is 0 Å². The van der Waals surface area contributed by atoms with Crippen LogP contribution in [0.15, 0.2) is 89.9 Å². The molecule has 5 rings (SSSR count). The molecule has 1 saturated heterocycles. The number of rotatable bonds is 3. The normalized spacial score (nSPS) is 21.4. The second kappa shape index (κ2) is 7.45. The lowest BCUT2D eigenvalue weighted by atomic mass is 9.81. The third-order valence-electron chi connectivity index (χ3n) is 6.34. The molecule has 150 valence electrons. The third-order valence-corrected chi connectivity index (χ3v) is 6.34. The Morgan fingerprint density at radius 3 is 2.13 bits per heavy atom. The average molecular weight is 396 g/mol. The smallest absolute Gasteiger partial charge is 0.265 e. The topological polar surface area (TPSA) is 44.7 Å². The van der Waals surface area contributed by atoms with Crippen molar-refractivity contribution in [3.05, 3.63) is 107 Å². The maximum absolute atomic E-state index is 14.3. The van der Waals surface area contributed by atoms with Crippen LogP contribution in [0.25, 0.3) is 0 Å². The highest BCUT2D eigenvalue weighted by molar-refractivity contribution is 6.11. The van der Waals surface area contributed by atoms with Gasteiger partial charge in [-0.2, -0.15) is 0 Å². The summed E-state index contributed by atoms with van der Waals surface area (Å²) in [4.78, 5) is 20.7. The lowest BCUT2D eigenvalue weighted by molar-refractivity contribution is -0.131. The predicted octanol–water partition coefficient (Wildman–Crippen LogP) is 4.43. The van der Waals surface area contributed by atoms with E-state index in [9.17, 15) is 4.79 Å². The summed E-state index contributed by atoms with van der Waals surface area (Å²) in [6, 6.07) is 28.4. The molecule has 3 aromatic carbocycles. The van der Waals surface area contributed by atoms with Crippen LogP contribution in [0.2, 0.25) is 0 Å². The van der Waals surface area contributed by atoms with Crippen LogP contribution in [0.1, 0.15) is 41.1 Å². The van der Waals surface area contributed by atoms with Gasteiger partial charge in [0.15, 0.2) is 5.54 Å². The molecule has 1 unspecified atom stereocenters. The van der Waals surface area contributed by atoms with E-state index in [1.165, 1.54) is 11.1 Å². The number of carbonyl (C=O) groups excluding carboxylic acids is 1. The van der Waals surface area contributed by atoms with Crippen LogP contribution in [-0.4, -0.2) is 23.8 Å². The highest BCUT2D eigenvalue weighted by Crippen LogP contribution is 2.42. The third kappa shape index (κ3) is 2.75. The van der Waals surface area contributed by atoms with Crippen LogP contribution in [0.4, 0.5) is 0 Å². The van der Waals surface area contributed by atoms with Gasteiger partial charge in [-0.05, 0) is 41.5 Å². The number of amides is 1. The van der Waals surface area contributed by atoms with Gasteiger partial charge in [0.2, 0.25) is 5.96 Å². The number of hydrogen-bond donors (Lipinski definition) is 1. The Morgan fingerprint density at radius 2 is 1.50 bits per heavy atom. The highest BCUT2D eigenvalue weighted by Gasteiger charge is 2.54. The van der Waals surface area contributed by atoms with Gasteiger partial charge < -0.3 is 5.32 Å². The van der Waals surface area contributed by atoms with E-state index in [0.717, 1.165) is 30.4 Å². The predicted molar refractivity (Wildman–Crippen MR) is 119 cm³/mol. The molecule has 1 fully saturated rings. The highest BCUT2D eigenvalue weighted by atomic mass is 16.2. The molecule has 1 aliphatic carbocycles. The summed E-state index contributed by atoms with van der Waals surface area (Å²) < 4.78 is 0. The van der Waals surface area contributed by atoms with Gasteiger partial charge in [-0.3, -0.25) is 14.7 Å². The zero-order valence-electron chi connectivity index (χ0n) is 17.1. The van der Waals surface area contributed by atoms with Gasteiger partial charge in [0.05, 0.1) is 6.04 Å². The molecule has 0 spiro atoms. The van der Waals surface area contributed by atoms with Crippen molar-refractivity contribution in [1.29, 1.82) is 0 Å². The second-order valence-corrected chi connectivity index (χ2v) is 7.94. The lowest BCUT2D eigenvalue weighted by Crippen LogP contribution is -2.45. The summed E-state index contributed by atoms with van der Waals surface area (Å²) in [5.74, 6) is 0.664. The fraction of sp³-hybridized carbons (Fsp3) is 0.231. The summed E-state index contributed by atoms with van der Waals surface area (Å²) >= 11 is 0. The van der Waals surface area contributed by atoms with Gasteiger partial charge >= 0.3 is 0 Å². The summed E-state index contributed by atoms with van der Waals surface area (Å²) in [6.07, 6.45) is 3.05. The molecule has 1 amide bonds. The van der Waals surface area contributed by atoms with E-state index in [-0.39, 0.29) is 11.9 Å². The summed E-state index contributed by atoms with van der Waals surface area (Å²) in [7, 11) is 1.75. The largest absolute Gasteiger partial charge is 0.334 e. The van der Waals surface area contributed by atoms with Gasteiger partial charge in [0, 0.05) is 7.05 Å². The number of nitrogens with zero attached hydrogens (tertiary/aromatic N) is 2. The molecule has 30 heavy (non-hydrogen) atoms. The fourth-order valence-corrected chi connectivity index (χ4v) is 4.94. The number of hydrogen-bond acceptors (Lipinski definition) is 2. The van der Waals surface area contributed by atoms with Crippen molar-refractivity contribution < 1.29 is 4.79 Å². The summed E-state index contributed by atoms with van der Waals surface area (Å²) in [6.45, 7) is 0. The second-order valence-electron chi connectivity index (χ2n) is 7.94. The van der Waals surface area contributed by atoms with Gasteiger partial charge in [0.25, 0.3) is 5.91 Å². The molecule has 0 bridgehead atoms. The van der Waals surface area contributed by atoms with Crippen LogP contribution in [-0.2, 0) is 16.8 Å². The first kappa shape index (κ1) is 18.6. The molecule has 2 aliphatic rings. The molecule has 4 nitrogen and oxygen atoms in total. The van der Waals surface area contributed by atoms with Gasteiger partial charge in [-0.15, -0.1) is 0 Å². The Bertz CT molecular complexity index is 1050. The summed E-state index contributed by atoms with van der Waals surface area (Å²) in [5, 5.41) is 3.54. The van der Waals surface area contributed by atoms with Gasteiger partial charge in [-0.1, -0.05) is 84.9 Å². The zero-order valence-corrected chi connectivity index (χ0v) is 17.1. The van der Waals surface area contributed by atoms with E-state index in [1.54, 1.807) is 7.05 Å². The SMILES string of the molecule is CN=C1NC(c2ccccc2)(c2ccccc2)C(=O)N1C1CCCc2ccccc21. The minimum absolute atomic E-state index is 0.0112. The standard InChI is InChI=1S/C26H25N3O/c1-27-25-28-26(20-13-4-2-5-14-20,21-15-6-3-7-16-21)24(30)29(25)23-18-10-12-19-11-8-9-17-22(19)23/h2-9,11,13-17,23H,10,12,18H2,1H3,(H,27,28). The lowest BCUT2D eigenvalue weighted by Gasteiger charge is -2.33. The van der Waals surface area contributed by atoms with Crippen molar-refractivity contribution in [2.45, 2.75) is 30.8 Å². The maximum atomic E-state index is 14.3. The molecular weight excluding hydrogens is 370 g/mol. The Hall–Kier alpha value is -3.40. The summed E-state index contributed by atoms with van der Waals surface area (Å²) in [5.41, 5.74) is 3.43. The molecule has 3 aromatic rings. The Kier molecular flexibility index (Phi) is 4.62. The first-order chi connectivity index (χ1) is 14.8. The number of guanidine groups is 1. The minimum Gasteiger partial charge on any atom is -0.334 e. The molecular formula is C26H25N3O. The van der Waals surface area contributed by atoms with Crippen molar-refractivity contribution in [2.24, 2.45) is 4.99 Å². The van der Waals surface area contributed by atoms with E-state index in [2.05, 4.69) is 34.6 Å². The maximum Gasteiger partial charge on any atom is 0.265 e. The first-order valence-corrected chi connectivity index (χ1v) is 10.5. The van der Waals surface area contributed by atoms with Crippen LogP contribution in [0.3, 0.4) is 0 Å². The number of fused-ring (bicyclic) bond motifs is 1. The van der Waals surface area contributed by atoms with E-state index in [0.29, 0.717) is 5.96 Å². The van der Waals surface area contributed by atoms with Crippen molar-refractivity contribution in [3.8, 4) is 0 Å². The molecule has 0 radical (unpaired) electrons. The van der Waals surface area contributed by atoms with Crippen molar-refractivity contribution in [1.82, 2.24) is 10.2 Å². The Labute approximate surface area is 177 Å². The van der Waals surface area contributed by atoms with E-state index >= 15 is 0 Å². The molecule has 1 atom stereocenters. The minimum atomic E-state index is -0.982. The molecule has 0 saturated carbocycles. The number of carbonyl (C=O) groups is 1. The van der Waals surface area contributed by atoms with Crippen LogP contribution >= 0.6 is 0 Å². The van der Waals surface area contributed by atoms with Crippen LogP contribution in [0.5, 0.6) is 0 Å². The van der Waals surface area contributed by atoms with Crippen molar-refractivity contribution in [3.63, 3.8) is 0 Å². The van der Waals surface area contributed by atoms with Gasteiger partial charge in [-0.25, -0.2) is 0 Å². The molecule has 1 N–H and O–H groups in total. The van der Waals surface area contributed by atoms with Crippen LogP contribution < -0.4 is 5.32 Å². The average Bonchev–Trinajstić information content (AvgIpc) is 3.13. The van der Waals surface area contributed by atoms with E-state index in [4.69, 9.17) is 0 Å². The molecule has 1 aliphatic heterocycles. The first-order valence-electron chi connectivity index (χ1n) is 10.5. The van der Waals surface area contributed by atoms with E-state index < -0.39 is 5.54 Å². The Morgan fingerprint density at radius 1 is 0.900 bits per heavy atom. The molecule has 1 heterocycles. The number of aryl methyl sites for hydroxylation is 1. The number of aliphatic imine (C=N–C) groups is 1. The monoisotopic (exact) mass is 395 g/mol. The Balaban J connectivity index is 1.68. The molecule has 0 aromatic heterocycles. The van der Waals surface area contributed by atoms with Gasteiger partial charge in [0.1, 0.15) is 0 Å². The van der Waals surface area contributed by atoms with E-state index in [1.807, 2.05) is 65.6 Å². The molecule has 4 heteroatoms. The quantitative estimate of drug-likeness (QED) is 0.713. The number of nitrogens with one attached hydrogen (secondary N) is 1. The zero-order chi connectivity index (χ0) is 20.6. The van der Waals surface area contributed by atoms with Crippen molar-refractivity contribution in [2.75, 3.05) is 7.05 Å². The fourth-order valence-electron chi connectivity index (χ4n) is 4.94. The number of benzene rings is 3.